The number of carbonyl (C=O) groups excluding carboxylic acids is 2. The molecule has 4 aliphatic heterocycles. The number of nitrogens with zero attached hydrogens (tertiary/aromatic N) is 3. The van der Waals surface area contributed by atoms with Gasteiger partial charge in [0.05, 0.1) is 16.6 Å². The zero-order chi connectivity index (χ0) is 29.8. The molecule has 6 rings (SSSR count). The van der Waals surface area contributed by atoms with E-state index in [-0.39, 0.29) is 17.9 Å². The van der Waals surface area contributed by atoms with Crippen LogP contribution in [0, 0.1) is 5.41 Å². The summed E-state index contributed by atoms with van der Waals surface area (Å²) in [7, 11) is -0.494. The van der Waals surface area contributed by atoms with Crippen LogP contribution in [0.1, 0.15) is 93.1 Å². The number of likely N-dealkylation sites (tertiary alicyclic amines) is 2. The molecule has 0 radical (unpaired) electrons. The van der Waals surface area contributed by atoms with Crippen LogP contribution in [-0.4, -0.2) is 88.9 Å². The van der Waals surface area contributed by atoms with Crippen molar-refractivity contribution in [2.24, 2.45) is 5.41 Å². The van der Waals surface area contributed by atoms with Gasteiger partial charge in [0.1, 0.15) is 5.60 Å². The minimum Gasteiger partial charge on any atom is -0.399 e. The molecule has 8 nitrogen and oxygen atoms in total. The smallest absolute Gasteiger partial charge is 0.399 e. The number of benzene rings is 1. The van der Waals surface area contributed by atoms with Crippen LogP contribution in [0.2, 0.25) is 0 Å². The molecule has 41 heavy (non-hydrogen) atoms. The number of hydrogen-bond acceptors (Lipinski definition) is 6. The van der Waals surface area contributed by atoms with Gasteiger partial charge in [-0.15, -0.1) is 0 Å². The van der Waals surface area contributed by atoms with Gasteiger partial charge in [-0.25, -0.2) is 0 Å². The molecule has 1 saturated carbocycles. The molecule has 9 heteroatoms. The summed E-state index contributed by atoms with van der Waals surface area (Å²) in [6.07, 6.45) is 4.32. The monoisotopic (exact) mass is 565 g/mol. The maximum absolute atomic E-state index is 14.5. The van der Waals surface area contributed by atoms with Crippen LogP contribution in [0.5, 0.6) is 0 Å². The first-order valence-corrected chi connectivity index (χ1v) is 15.5. The quantitative estimate of drug-likeness (QED) is 0.565. The van der Waals surface area contributed by atoms with E-state index < -0.39 is 29.3 Å². The molecule has 5 aliphatic rings. The number of anilines is 1. The Morgan fingerprint density at radius 2 is 1.56 bits per heavy atom. The Hall–Kier alpha value is -1.94. The molecule has 0 unspecified atom stereocenters. The van der Waals surface area contributed by atoms with E-state index in [1.807, 2.05) is 0 Å². The fourth-order valence-corrected chi connectivity index (χ4v) is 7.59. The topological polar surface area (TPSA) is 82.6 Å². The fraction of sp³-hybridized carbons (Fsp3) is 0.750. The Labute approximate surface area is 245 Å². The minimum absolute atomic E-state index is 0.166. The van der Waals surface area contributed by atoms with E-state index in [0.29, 0.717) is 37.4 Å². The van der Waals surface area contributed by atoms with Crippen molar-refractivity contribution in [1.82, 2.24) is 9.80 Å². The van der Waals surface area contributed by atoms with Crippen molar-refractivity contribution in [3.05, 3.63) is 23.8 Å². The summed E-state index contributed by atoms with van der Waals surface area (Å²) in [5.74, 6) is -0.111. The second kappa shape index (κ2) is 9.28. The average molecular weight is 566 g/mol. The van der Waals surface area contributed by atoms with E-state index >= 15 is 0 Å². The van der Waals surface area contributed by atoms with Crippen LogP contribution in [0.25, 0.3) is 0 Å². The Morgan fingerprint density at radius 1 is 0.951 bits per heavy atom. The van der Waals surface area contributed by atoms with E-state index in [1.165, 1.54) is 20.3 Å². The number of rotatable bonds is 4. The van der Waals surface area contributed by atoms with Gasteiger partial charge in [-0.3, -0.25) is 14.5 Å². The molecule has 3 saturated heterocycles. The van der Waals surface area contributed by atoms with Gasteiger partial charge in [-0.05, 0) is 103 Å². The van der Waals surface area contributed by atoms with Crippen molar-refractivity contribution in [3.63, 3.8) is 0 Å². The summed E-state index contributed by atoms with van der Waals surface area (Å²) in [6.45, 7) is 19.2. The third-order valence-corrected chi connectivity index (χ3v) is 11.1. The molecule has 1 spiro atoms. The van der Waals surface area contributed by atoms with Crippen molar-refractivity contribution in [1.29, 1.82) is 0 Å². The summed E-state index contributed by atoms with van der Waals surface area (Å²) in [6, 6.07) is 6.99. The molecular formula is C32H48BN3O5. The number of piperidine rings is 1. The lowest BCUT2D eigenvalue weighted by Crippen LogP contribution is -2.58. The van der Waals surface area contributed by atoms with Crippen molar-refractivity contribution < 1.29 is 24.0 Å². The summed E-state index contributed by atoms with van der Waals surface area (Å²) >= 11 is 0. The second-order valence-electron chi connectivity index (χ2n) is 15.6. The maximum Gasteiger partial charge on any atom is 0.494 e. The summed E-state index contributed by atoms with van der Waals surface area (Å²) in [5, 5.41) is 10.3. The molecule has 0 bridgehead atoms. The van der Waals surface area contributed by atoms with Crippen molar-refractivity contribution in [2.75, 3.05) is 31.1 Å². The zero-order valence-corrected chi connectivity index (χ0v) is 26.2. The van der Waals surface area contributed by atoms with Crippen LogP contribution in [0.4, 0.5) is 5.69 Å². The first-order chi connectivity index (χ1) is 18.9. The molecule has 1 aliphatic carbocycles. The van der Waals surface area contributed by atoms with E-state index in [2.05, 4.69) is 69.5 Å². The Kier molecular flexibility index (Phi) is 6.60. The molecule has 224 valence electrons. The van der Waals surface area contributed by atoms with Crippen molar-refractivity contribution in [3.8, 4) is 0 Å². The lowest BCUT2D eigenvalue weighted by molar-refractivity contribution is -0.150. The Morgan fingerprint density at radius 3 is 2.10 bits per heavy atom. The Bertz CT molecular complexity index is 1220. The SMILES string of the molecule is CC1(C)CCN([C@H]2C[C@@H](N3C(=O)C4(CCN(C(=O)C(C)(C)O)CC4)c4ccc(B5OC(C)(C)C(C)(C)O5)cc43)C2)C1. The summed E-state index contributed by atoms with van der Waals surface area (Å²) in [4.78, 5) is 33.8. The molecule has 1 aromatic carbocycles. The largest absolute Gasteiger partial charge is 0.494 e. The molecule has 4 fully saturated rings. The maximum atomic E-state index is 14.5. The number of carbonyl (C=O) groups is 2. The average Bonchev–Trinajstić information content (AvgIpc) is 3.40. The number of amides is 2. The highest BCUT2D eigenvalue weighted by molar-refractivity contribution is 6.62. The molecule has 0 atom stereocenters. The van der Waals surface area contributed by atoms with Gasteiger partial charge >= 0.3 is 7.12 Å². The van der Waals surface area contributed by atoms with Crippen molar-refractivity contribution in [2.45, 2.75) is 122 Å². The lowest BCUT2D eigenvalue weighted by Gasteiger charge is -2.47. The standard InChI is InChI=1S/C32H48BN3O5/c1-28(2)11-14-35(20-28)22-18-23(19-22)36-25-17-21(33-40-30(5,6)31(7,8)41-33)9-10-24(25)32(27(36)38)12-15-34(16-13-32)26(37)29(3,4)39/h9-10,17,22-23,39H,11-16,18-20H2,1-8H3/t22-,23+. The molecule has 2 amide bonds. The van der Waals surface area contributed by atoms with E-state index in [9.17, 15) is 14.7 Å². The van der Waals surface area contributed by atoms with E-state index in [1.54, 1.807) is 4.90 Å². The summed E-state index contributed by atoms with van der Waals surface area (Å²) in [5.41, 5.74) is 0.369. The molecular weight excluding hydrogens is 517 g/mol. The number of hydrogen-bond donors (Lipinski definition) is 1. The highest BCUT2D eigenvalue weighted by atomic mass is 16.7. The van der Waals surface area contributed by atoms with Gasteiger partial charge in [0.2, 0.25) is 5.91 Å². The number of aliphatic hydroxyl groups is 1. The fourth-order valence-electron chi connectivity index (χ4n) is 7.59. The van der Waals surface area contributed by atoms with Crippen LogP contribution >= 0.6 is 0 Å². The first-order valence-electron chi connectivity index (χ1n) is 15.5. The predicted molar refractivity (Wildman–Crippen MR) is 160 cm³/mol. The molecule has 4 heterocycles. The van der Waals surface area contributed by atoms with Gasteiger partial charge in [0.25, 0.3) is 5.91 Å². The second-order valence-corrected chi connectivity index (χ2v) is 15.6. The van der Waals surface area contributed by atoms with Crippen LogP contribution < -0.4 is 10.4 Å². The van der Waals surface area contributed by atoms with Crippen LogP contribution in [0.3, 0.4) is 0 Å². The van der Waals surface area contributed by atoms with Crippen LogP contribution in [-0.2, 0) is 24.3 Å². The minimum atomic E-state index is -1.42. The first kappa shape index (κ1) is 29.2. The van der Waals surface area contributed by atoms with Crippen LogP contribution in [0.15, 0.2) is 18.2 Å². The third kappa shape index (κ3) is 4.66. The van der Waals surface area contributed by atoms with Gasteiger partial charge < -0.3 is 24.2 Å². The van der Waals surface area contributed by atoms with Gasteiger partial charge in [-0.2, -0.15) is 0 Å². The highest BCUT2D eigenvalue weighted by Gasteiger charge is 2.57. The molecule has 0 aromatic heterocycles. The summed E-state index contributed by atoms with van der Waals surface area (Å²) < 4.78 is 12.8. The Balaban J connectivity index is 1.29. The highest BCUT2D eigenvalue weighted by Crippen LogP contribution is 2.51. The molecule has 1 aromatic rings. The van der Waals surface area contributed by atoms with Gasteiger partial charge in [0.15, 0.2) is 0 Å². The molecule has 1 N–H and O–H groups in total. The van der Waals surface area contributed by atoms with E-state index in [0.717, 1.165) is 42.6 Å². The number of fused-ring (bicyclic) bond motifs is 2. The predicted octanol–water partition coefficient (Wildman–Crippen LogP) is 3.23. The van der Waals surface area contributed by atoms with Gasteiger partial charge in [-0.1, -0.05) is 26.0 Å². The normalized spacial score (nSPS) is 30.2. The van der Waals surface area contributed by atoms with Crippen molar-refractivity contribution >= 4 is 30.1 Å². The van der Waals surface area contributed by atoms with Gasteiger partial charge in [0, 0.05) is 37.4 Å². The lowest BCUT2D eigenvalue weighted by atomic mass is 9.71. The zero-order valence-electron chi connectivity index (χ0n) is 26.2. The van der Waals surface area contributed by atoms with E-state index in [4.69, 9.17) is 9.31 Å². The third-order valence-electron chi connectivity index (χ3n) is 11.1.